The Morgan fingerprint density at radius 1 is 1.03 bits per heavy atom. The molecule has 0 unspecified atom stereocenters. The number of nitrogens with zero attached hydrogens (tertiary/aromatic N) is 3. The number of aromatic hydroxyl groups is 1. The van der Waals surface area contributed by atoms with Crippen molar-refractivity contribution in [1.29, 1.82) is 0 Å². The highest BCUT2D eigenvalue weighted by atomic mass is 32.1. The Hall–Kier alpha value is -3.71. The van der Waals surface area contributed by atoms with Crippen LogP contribution in [0.3, 0.4) is 0 Å². The Labute approximate surface area is 189 Å². The number of carbonyl (C=O) groups is 1. The number of phenolic OH excluding ortho intramolecular Hbond substituents is 1. The Kier molecular flexibility index (Phi) is 4.90. The van der Waals surface area contributed by atoms with E-state index >= 15 is 0 Å². The zero-order valence-electron chi connectivity index (χ0n) is 17.6. The molecule has 4 aromatic rings. The second-order valence-corrected chi connectivity index (χ2v) is 8.79. The minimum absolute atomic E-state index is 0.00472. The molecule has 7 heteroatoms. The van der Waals surface area contributed by atoms with Crippen molar-refractivity contribution >= 4 is 28.8 Å². The molecule has 5 rings (SSSR count). The van der Waals surface area contributed by atoms with Gasteiger partial charge >= 0.3 is 5.97 Å². The molecule has 0 saturated carbocycles. The van der Waals surface area contributed by atoms with E-state index < -0.39 is 17.8 Å². The number of thiophene rings is 1. The molecule has 0 radical (unpaired) electrons. The summed E-state index contributed by atoms with van der Waals surface area (Å²) in [7, 11) is 0. The van der Waals surface area contributed by atoms with E-state index in [1.165, 1.54) is 11.3 Å². The fourth-order valence-corrected chi connectivity index (χ4v) is 5.49. The number of hydrogen-bond acceptors (Lipinski definition) is 5. The van der Waals surface area contributed by atoms with E-state index in [1.807, 2.05) is 55.6 Å². The molecule has 160 valence electrons. The lowest BCUT2D eigenvalue weighted by atomic mass is 9.76. The Morgan fingerprint density at radius 2 is 1.75 bits per heavy atom. The summed E-state index contributed by atoms with van der Waals surface area (Å²) in [6.07, 6.45) is 0. The fourth-order valence-electron chi connectivity index (χ4n) is 4.42. The van der Waals surface area contributed by atoms with Crippen LogP contribution in [0.2, 0.25) is 0 Å². The van der Waals surface area contributed by atoms with Gasteiger partial charge in [-0.2, -0.15) is 5.10 Å². The second kappa shape index (κ2) is 7.76. The van der Waals surface area contributed by atoms with Crippen LogP contribution in [0.15, 0.2) is 71.0 Å². The Balaban J connectivity index is 1.86. The van der Waals surface area contributed by atoms with Crippen LogP contribution in [-0.2, 0) is 4.79 Å². The van der Waals surface area contributed by atoms with E-state index in [2.05, 4.69) is 0 Å². The van der Waals surface area contributed by atoms with Crippen LogP contribution in [-0.4, -0.2) is 31.7 Å². The summed E-state index contributed by atoms with van der Waals surface area (Å²) in [5.41, 5.74) is 4.18. The van der Waals surface area contributed by atoms with Crippen molar-refractivity contribution in [3.8, 4) is 11.4 Å². The maximum atomic E-state index is 12.7. The molecule has 0 bridgehead atoms. The lowest BCUT2D eigenvalue weighted by Gasteiger charge is -2.30. The van der Waals surface area contributed by atoms with Crippen LogP contribution in [0, 0.1) is 19.8 Å². The summed E-state index contributed by atoms with van der Waals surface area (Å²) in [6, 6.07) is 18.4. The van der Waals surface area contributed by atoms with Crippen LogP contribution in [0.5, 0.6) is 5.75 Å². The number of rotatable bonds is 4. The van der Waals surface area contributed by atoms with Crippen molar-refractivity contribution in [2.24, 2.45) is 10.9 Å². The first-order chi connectivity index (χ1) is 15.5. The van der Waals surface area contributed by atoms with E-state index in [0.29, 0.717) is 17.1 Å². The Morgan fingerprint density at radius 3 is 2.41 bits per heavy atom. The number of phenols is 1. The van der Waals surface area contributed by atoms with Crippen LogP contribution >= 0.6 is 11.3 Å². The van der Waals surface area contributed by atoms with Crippen molar-refractivity contribution in [2.45, 2.75) is 19.8 Å². The number of carboxylic acid groups (broad SMARTS) is 1. The van der Waals surface area contributed by atoms with Gasteiger partial charge in [-0.05, 0) is 55.1 Å². The van der Waals surface area contributed by atoms with Gasteiger partial charge in [-0.25, -0.2) is 9.67 Å². The Bertz CT molecular complexity index is 1350. The van der Waals surface area contributed by atoms with Gasteiger partial charge in [0, 0.05) is 21.9 Å². The first kappa shape index (κ1) is 20.2. The molecule has 0 saturated heterocycles. The molecular formula is C25H21N3O3S. The smallest absolute Gasteiger partial charge is 0.313 e. The van der Waals surface area contributed by atoms with Crippen LogP contribution < -0.4 is 0 Å². The van der Waals surface area contributed by atoms with Gasteiger partial charge in [-0.15, -0.1) is 11.3 Å². The fraction of sp³-hybridized carbons (Fsp3) is 0.160. The van der Waals surface area contributed by atoms with E-state index in [1.54, 1.807) is 28.9 Å². The van der Waals surface area contributed by atoms with E-state index in [9.17, 15) is 15.0 Å². The molecule has 0 fully saturated rings. The molecule has 1 aliphatic heterocycles. The topological polar surface area (TPSA) is 87.7 Å². The van der Waals surface area contributed by atoms with Gasteiger partial charge in [0.15, 0.2) is 5.82 Å². The van der Waals surface area contributed by atoms with Crippen molar-refractivity contribution in [3.05, 3.63) is 93.3 Å². The number of aliphatic carboxylic acids is 1. The number of aromatic nitrogens is 2. The van der Waals surface area contributed by atoms with Crippen LogP contribution in [0.4, 0.5) is 5.82 Å². The van der Waals surface area contributed by atoms with Crippen molar-refractivity contribution in [2.75, 3.05) is 0 Å². The van der Waals surface area contributed by atoms with Crippen molar-refractivity contribution in [1.82, 2.24) is 9.78 Å². The number of aliphatic imine (C=N–C) groups is 1. The quantitative estimate of drug-likeness (QED) is 0.452. The third-order valence-electron chi connectivity index (χ3n) is 5.88. The second-order valence-electron chi connectivity index (χ2n) is 7.85. The summed E-state index contributed by atoms with van der Waals surface area (Å²) < 4.78 is 1.76. The monoisotopic (exact) mass is 443 g/mol. The number of fused-ring (bicyclic) bond motifs is 1. The average molecular weight is 444 g/mol. The average Bonchev–Trinajstić information content (AvgIpc) is 3.36. The predicted octanol–water partition coefficient (Wildman–Crippen LogP) is 5.22. The molecule has 0 aliphatic carbocycles. The molecule has 2 N–H and O–H groups in total. The number of carboxylic acids is 1. The standard InChI is InChI=1S/C25H21N3O3S/c1-14-12-13-32-23(14)20-19-15(2)27-28(16-8-4-3-5-9-16)24(19)26-22(21(20)25(30)31)17-10-6-7-11-18(17)29/h3-13,20-21,29H,1-2H3,(H,30,31)/t20-,21+/m0/s1. The number of benzene rings is 2. The zero-order valence-corrected chi connectivity index (χ0v) is 18.4. The van der Waals surface area contributed by atoms with E-state index in [0.717, 1.165) is 27.4 Å². The molecule has 1 aliphatic rings. The number of hydrogen-bond donors (Lipinski definition) is 2. The first-order valence-corrected chi connectivity index (χ1v) is 11.1. The molecular weight excluding hydrogens is 422 g/mol. The van der Waals surface area contributed by atoms with Gasteiger partial charge in [0.25, 0.3) is 0 Å². The van der Waals surface area contributed by atoms with E-state index in [-0.39, 0.29) is 5.75 Å². The number of aryl methyl sites for hydroxylation is 2. The van der Waals surface area contributed by atoms with Gasteiger partial charge in [-0.1, -0.05) is 30.3 Å². The molecule has 2 aromatic carbocycles. The zero-order chi connectivity index (χ0) is 22.4. The highest BCUT2D eigenvalue weighted by Crippen LogP contribution is 2.48. The molecule has 2 atom stereocenters. The van der Waals surface area contributed by atoms with Crippen LogP contribution in [0.1, 0.15) is 33.2 Å². The molecule has 3 heterocycles. The summed E-state index contributed by atoms with van der Waals surface area (Å²) in [6.45, 7) is 3.89. The van der Waals surface area contributed by atoms with Gasteiger partial charge in [-0.3, -0.25) is 4.79 Å². The maximum absolute atomic E-state index is 12.7. The van der Waals surface area contributed by atoms with Gasteiger partial charge in [0.1, 0.15) is 11.7 Å². The first-order valence-electron chi connectivity index (χ1n) is 10.3. The molecule has 0 amide bonds. The maximum Gasteiger partial charge on any atom is 0.313 e. The third kappa shape index (κ3) is 3.13. The minimum atomic E-state index is -0.984. The van der Waals surface area contributed by atoms with Crippen molar-refractivity contribution < 1.29 is 15.0 Å². The molecule has 2 aromatic heterocycles. The van der Waals surface area contributed by atoms with Crippen LogP contribution in [0.25, 0.3) is 5.69 Å². The SMILES string of the molecule is Cc1ccsc1[C@H]1c2c(C)nn(-c3ccccc3)c2N=C(c2ccccc2O)[C@@H]1C(=O)O. The van der Waals surface area contributed by atoms with Gasteiger partial charge in [0.05, 0.1) is 17.1 Å². The predicted molar refractivity (Wildman–Crippen MR) is 125 cm³/mol. The molecule has 32 heavy (non-hydrogen) atoms. The molecule has 0 spiro atoms. The summed E-state index contributed by atoms with van der Waals surface area (Å²) in [5, 5.41) is 27.7. The summed E-state index contributed by atoms with van der Waals surface area (Å²) in [5.74, 6) is -1.80. The minimum Gasteiger partial charge on any atom is -0.507 e. The third-order valence-corrected chi connectivity index (χ3v) is 6.98. The highest BCUT2D eigenvalue weighted by Gasteiger charge is 2.44. The lowest BCUT2D eigenvalue weighted by molar-refractivity contribution is -0.139. The van der Waals surface area contributed by atoms with Crippen molar-refractivity contribution in [3.63, 3.8) is 0 Å². The summed E-state index contributed by atoms with van der Waals surface area (Å²) >= 11 is 1.54. The largest absolute Gasteiger partial charge is 0.507 e. The van der Waals surface area contributed by atoms with Gasteiger partial charge < -0.3 is 10.2 Å². The highest BCUT2D eigenvalue weighted by molar-refractivity contribution is 7.10. The lowest BCUT2D eigenvalue weighted by Crippen LogP contribution is -2.34. The van der Waals surface area contributed by atoms with E-state index in [4.69, 9.17) is 10.1 Å². The normalized spacial score (nSPS) is 17.6. The molecule has 6 nitrogen and oxygen atoms in total. The summed E-state index contributed by atoms with van der Waals surface area (Å²) in [4.78, 5) is 18.5. The number of para-hydroxylation sites is 2. The van der Waals surface area contributed by atoms with Gasteiger partial charge in [0.2, 0.25) is 0 Å².